The van der Waals surface area contributed by atoms with E-state index >= 15 is 0 Å². The third kappa shape index (κ3) is 0.990. The lowest BCUT2D eigenvalue weighted by molar-refractivity contribution is -0.0749. The standard InChI is InChI=1S/C15H24/c1-10-9-15-8-7-12(10)14(3,4)13(15)6-5-11(15)2/h11-13H,1,5-9H2,2-4H3. The van der Waals surface area contributed by atoms with Crippen LogP contribution in [0.4, 0.5) is 0 Å². The Balaban J connectivity index is 2.10. The zero-order valence-corrected chi connectivity index (χ0v) is 10.5. The van der Waals surface area contributed by atoms with Crippen LogP contribution in [0.3, 0.4) is 0 Å². The normalized spacial score (nSPS) is 51.9. The van der Waals surface area contributed by atoms with Crippen molar-refractivity contribution in [1.29, 1.82) is 0 Å². The maximum Gasteiger partial charge on any atom is -0.0151 e. The first-order valence-electron chi connectivity index (χ1n) is 6.66. The molecule has 1 spiro atoms. The van der Waals surface area contributed by atoms with Crippen molar-refractivity contribution in [2.24, 2.45) is 28.6 Å². The molecule has 4 aliphatic carbocycles. The molecule has 0 aliphatic heterocycles. The molecule has 4 unspecified atom stereocenters. The van der Waals surface area contributed by atoms with E-state index in [2.05, 4.69) is 27.4 Å². The van der Waals surface area contributed by atoms with E-state index in [9.17, 15) is 0 Å². The molecule has 2 bridgehead atoms. The minimum absolute atomic E-state index is 0.540. The highest BCUT2D eigenvalue weighted by molar-refractivity contribution is 5.24. The second kappa shape index (κ2) is 2.70. The monoisotopic (exact) mass is 204 g/mol. The minimum atomic E-state index is 0.540. The Morgan fingerprint density at radius 3 is 2.60 bits per heavy atom. The van der Waals surface area contributed by atoms with Gasteiger partial charge in [-0.15, -0.1) is 0 Å². The Morgan fingerprint density at radius 1 is 1.20 bits per heavy atom. The van der Waals surface area contributed by atoms with Crippen LogP contribution in [-0.2, 0) is 0 Å². The molecule has 0 N–H and O–H groups in total. The summed E-state index contributed by atoms with van der Waals surface area (Å²) < 4.78 is 0. The van der Waals surface area contributed by atoms with Crippen LogP contribution in [0, 0.1) is 28.6 Å². The molecule has 0 heterocycles. The van der Waals surface area contributed by atoms with E-state index in [0.29, 0.717) is 10.8 Å². The van der Waals surface area contributed by atoms with E-state index in [1.165, 1.54) is 32.1 Å². The summed E-state index contributed by atoms with van der Waals surface area (Å²) >= 11 is 0. The van der Waals surface area contributed by atoms with Crippen LogP contribution in [0.5, 0.6) is 0 Å². The predicted molar refractivity (Wildman–Crippen MR) is 64.6 cm³/mol. The fourth-order valence-electron chi connectivity index (χ4n) is 5.56. The molecule has 4 rings (SSSR count). The van der Waals surface area contributed by atoms with E-state index in [0.717, 1.165) is 17.8 Å². The summed E-state index contributed by atoms with van der Waals surface area (Å²) in [5.74, 6) is 2.76. The lowest BCUT2D eigenvalue weighted by Gasteiger charge is -2.61. The van der Waals surface area contributed by atoms with Crippen LogP contribution in [-0.4, -0.2) is 0 Å². The molecule has 0 aromatic heterocycles. The summed E-state index contributed by atoms with van der Waals surface area (Å²) in [6, 6.07) is 0. The molecule has 4 fully saturated rings. The van der Waals surface area contributed by atoms with E-state index in [1.54, 1.807) is 5.57 Å². The van der Waals surface area contributed by atoms with Crippen molar-refractivity contribution in [3.63, 3.8) is 0 Å². The molecule has 0 aromatic carbocycles. The van der Waals surface area contributed by atoms with E-state index in [1.807, 2.05) is 0 Å². The van der Waals surface area contributed by atoms with Crippen molar-refractivity contribution in [3.8, 4) is 0 Å². The first-order valence-corrected chi connectivity index (χ1v) is 6.66. The van der Waals surface area contributed by atoms with Crippen molar-refractivity contribution in [2.75, 3.05) is 0 Å². The molecule has 4 aliphatic rings. The van der Waals surface area contributed by atoms with Gasteiger partial charge in [0.25, 0.3) is 0 Å². The SMILES string of the molecule is C=C1CC23CCC1C(C)(C)C2CCC3C. The second-order valence-corrected chi connectivity index (χ2v) is 7.01. The van der Waals surface area contributed by atoms with Crippen molar-refractivity contribution < 1.29 is 0 Å². The summed E-state index contributed by atoms with van der Waals surface area (Å²) in [5, 5.41) is 0. The Morgan fingerprint density at radius 2 is 1.93 bits per heavy atom. The van der Waals surface area contributed by atoms with Crippen molar-refractivity contribution in [1.82, 2.24) is 0 Å². The van der Waals surface area contributed by atoms with Crippen LogP contribution >= 0.6 is 0 Å². The summed E-state index contributed by atoms with van der Waals surface area (Å²) in [4.78, 5) is 0. The molecule has 4 saturated carbocycles. The topological polar surface area (TPSA) is 0 Å². The Labute approximate surface area is 94.1 Å². The van der Waals surface area contributed by atoms with E-state index in [-0.39, 0.29) is 0 Å². The number of hydrogen-bond donors (Lipinski definition) is 0. The van der Waals surface area contributed by atoms with Crippen molar-refractivity contribution in [2.45, 2.75) is 52.9 Å². The van der Waals surface area contributed by atoms with Crippen molar-refractivity contribution >= 4 is 0 Å². The highest BCUT2D eigenvalue weighted by Crippen LogP contribution is 2.70. The van der Waals surface area contributed by atoms with Gasteiger partial charge in [0.2, 0.25) is 0 Å². The maximum absolute atomic E-state index is 4.38. The van der Waals surface area contributed by atoms with Crippen LogP contribution in [0.25, 0.3) is 0 Å². The molecule has 84 valence electrons. The molecular formula is C15H24. The van der Waals surface area contributed by atoms with E-state index < -0.39 is 0 Å². The maximum atomic E-state index is 4.38. The fourth-order valence-corrected chi connectivity index (χ4v) is 5.56. The zero-order chi connectivity index (χ0) is 10.8. The van der Waals surface area contributed by atoms with Gasteiger partial charge in [-0.05, 0) is 60.7 Å². The highest BCUT2D eigenvalue weighted by Gasteiger charge is 2.62. The molecule has 0 saturated heterocycles. The lowest BCUT2D eigenvalue weighted by Crippen LogP contribution is -2.53. The Hall–Kier alpha value is -0.260. The average molecular weight is 204 g/mol. The van der Waals surface area contributed by atoms with Gasteiger partial charge in [0, 0.05) is 0 Å². The summed E-state index contributed by atoms with van der Waals surface area (Å²) in [6.45, 7) is 11.9. The minimum Gasteiger partial charge on any atom is -0.0995 e. The zero-order valence-electron chi connectivity index (χ0n) is 10.5. The average Bonchev–Trinajstić information content (AvgIpc) is 2.45. The van der Waals surface area contributed by atoms with Gasteiger partial charge in [-0.3, -0.25) is 0 Å². The van der Waals surface area contributed by atoms with Gasteiger partial charge in [-0.25, -0.2) is 0 Å². The lowest BCUT2D eigenvalue weighted by atomic mass is 9.44. The number of allylic oxidation sites excluding steroid dienone is 1. The van der Waals surface area contributed by atoms with Gasteiger partial charge in [-0.1, -0.05) is 32.9 Å². The number of fused-ring (bicyclic) bond motifs is 2. The molecule has 0 radical (unpaired) electrons. The van der Waals surface area contributed by atoms with Crippen LogP contribution in [0.1, 0.15) is 52.9 Å². The Kier molecular flexibility index (Phi) is 1.79. The van der Waals surface area contributed by atoms with Gasteiger partial charge < -0.3 is 0 Å². The van der Waals surface area contributed by atoms with Crippen molar-refractivity contribution in [3.05, 3.63) is 12.2 Å². The Bertz CT molecular complexity index is 312. The predicted octanol–water partition coefficient (Wildman–Crippen LogP) is 4.42. The summed E-state index contributed by atoms with van der Waals surface area (Å²) in [5.41, 5.74) is 2.78. The van der Waals surface area contributed by atoms with Crippen LogP contribution < -0.4 is 0 Å². The summed E-state index contributed by atoms with van der Waals surface area (Å²) in [7, 11) is 0. The molecule has 15 heavy (non-hydrogen) atoms. The van der Waals surface area contributed by atoms with Crippen LogP contribution in [0.2, 0.25) is 0 Å². The molecule has 0 aromatic rings. The highest BCUT2D eigenvalue weighted by atomic mass is 14.7. The summed E-state index contributed by atoms with van der Waals surface area (Å²) in [6.07, 6.45) is 7.22. The molecule has 4 atom stereocenters. The van der Waals surface area contributed by atoms with E-state index in [4.69, 9.17) is 0 Å². The second-order valence-electron chi connectivity index (χ2n) is 7.01. The molecule has 0 amide bonds. The first-order chi connectivity index (χ1) is 6.98. The van der Waals surface area contributed by atoms with Gasteiger partial charge in [0.15, 0.2) is 0 Å². The largest absolute Gasteiger partial charge is 0.0995 e. The quantitative estimate of drug-likeness (QED) is 0.513. The third-order valence-electron chi connectivity index (χ3n) is 6.31. The first kappa shape index (κ1) is 9.93. The molecule has 0 nitrogen and oxygen atoms in total. The van der Waals surface area contributed by atoms with Gasteiger partial charge >= 0.3 is 0 Å². The number of hydrogen-bond acceptors (Lipinski definition) is 0. The van der Waals surface area contributed by atoms with Gasteiger partial charge in [0.05, 0.1) is 0 Å². The molecule has 0 heteroatoms. The third-order valence-corrected chi connectivity index (χ3v) is 6.31. The van der Waals surface area contributed by atoms with Gasteiger partial charge in [0.1, 0.15) is 0 Å². The van der Waals surface area contributed by atoms with Crippen LogP contribution in [0.15, 0.2) is 12.2 Å². The smallest absolute Gasteiger partial charge is 0.0151 e. The molecular weight excluding hydrogens is 180 g/mol. The number of rotatable bonds is 0. The van der Waals surface area contributed by atoms with Gasteiger partial charge in [-0.2, -0.15) is 0 Å². The fraction of sp³-hybridized carbons (Fsp3) is 0.867.